The Morgan fingerprint density at radius 1 is 0.712 bits per heavy atom. The lowest BCUT2D eigenvalue weighted by Crippen LogP contribution is -2.08. The molecule has 1 heteroatoms. The van der Waals surface area contributed by atoms with E-state index in [4.69, 9.17) is 4.42 Å². The Labute approximate surface area is 307 Å². The van der Waals surface area contributed by atoms with E-state index < -0.39 is 0 Å². The quantitative estimate of drug-likeness (QED) is 0.161. The van der Waals surface area contributed by atoms with Crippen LogP contribution in [0.15, 0.2) is 175 Å². The molecular formula is C51H42O. The highest BCUT2D eigenvalue weighted by Gasteiger charge is 2.24. The molecule has 0 spiro atoms. The van der Waals surface area contributed by atoms with Gasteiger partial charge < -0.3 is 4.42 Å². The minimum atomic E-state index is 0.488. The summed E-state index contributed by atoms with van der Waals surface area (Å²) in [7, 11) is 0. The van der Waals surface area contributed by atoms with Crippen LogP contribution in [0.5, 0.6) is 0 Å². The van der Waals surface area contributed by atoms with Gasteiger partial charge in [0.15, 0.2) is 0 Å². The number of hydrogen-bond acceptors (Lipinski definition) is 1. The minimum absolute atomic E-state index is 0.488. The lowest BCUT2D eigenvalue weighted by molar-refractivity contribution is 0.580. The van der Waals surface area contributed by atoms with Crippen molar-refractivity contribution >= 4 is 39.5 Å². The molecule has 0 aliphatic heterocycles. The van der Waals surface area contributed by atoms with Crippen molar-refractivity contribution in [3.8, 4) is 33.4 Å². The zero-order valence-electron chi connectivity index (χ0n) is 29.7. The van der Waals surface area contributed by atoms with Crippen LogP contribution in [0.2, 0.25) is 0 Å². The fourth-order valence-electron chi connectivity index (χ4n) is 8.13. The van der Waals surface area contributed by atoms with Gasteiger partial charge in [-0.05, 0) is 110 Å². The van der Waals surface area contributed by atoms with E-state index in [2.05, 4.69) is 166 Å². The predicted molar refractivity (Wildman–Crippen MR) is 225 cm³/mol. The SMILES string of the molecule is C=CC=C.C=Cc1ccccc1-c1c(C)oc2ccc(-c3ccc(-c4c5c(c(C6=CCC7C=CC=CC7=C6)c6ccccc46)C=CCC5)cc3)cc12. The first kappa shape index (κ1) is 33.0. The van der Waals surface area contributed by atoms with E-state index in [0.29, 0.717) is 5.92 Å². The molecule has 1 aromatic heterocycles. The van der Waals surface area contributed by atoms with E-state index in [1.54, 1.807) is 12.2 Å². The van der Waals surface area contributed by atoms with Crippen LogP contribution < -0.4 is 0 Å². The Morgan fingerprint density at radius 2 is 1.44 bits per heavy atom. The van der Waals surface area contributed by atoms with Crippen molar-refractivity contribution in [3.63, 3.8) is 0 Å². The summed E-state index contributed by atoms with van der Waals surface area (Å²) in [6, 6.07) is 33.2. The van der Waals surface area contributed by atoms with Gasteiger partial charge in [0.2, 0.25) is 0 Å². The summed E-state index contributed by atoms with van der Waals surface area (Å²) in [6.45, 7) is 12.8. The Balaban J connectivity index is 0.000000922. The molecule has 1 heterocycles. The molecule has 1 atom stereocenters. The molecule has 0 saturated carbocycles. The lowest BCUT2D eigenvalue weighted by Gasteiger charge is -2.27. The van der Waals surface area contributed by atoms with Gasteiger partial charge >= 0.3 is 0 Å². The number of allylic oxidation sites excluding steroid dienone is 11. The summed E-state index contributed by atoms with van der Waals surface area (Å²) in [5.41, 5.74) is 16.3. The lowest BCUT2D eigenvalue weighted by atomic mass is 9.77. The highest BCUT2D eigenvalue weighted by molar-refractivity contribution is 6.09. The van der Waals surface area contributed by atoms with Crippen molar-refractivity contribution in [1.29, 1.82) is 0 Å². The van der Waals surface area contributed by atoms with Crippen molar-refractivity contribution in [2.75, 3.05) is 0 Å². The van der Waals surface area contributed by atoms with Crippen LogP contribution in [0.4, 0.5) is 0 Å². The maximum Gasteiger partial charge on any atom is 0.134 e. The fraction of sp³-hybridized carbons (Fsp3) is 0.0980. The van der Waals surface area contributed by atoms with E-state index in [1.807, 2.05) is 6.08 Å². The normalized spacial score (nSPS) is 15.6. The second kappa shape index (κ2) is 14.2. The first-order chi connectivity index (χ1) is 25.6. The van der Waals surface area contributed by atoms with E-state index in [-0.39, 0.29) is 0 Å². The molecule has 9 rings (SSSR count). The first-order valence-electron chi connectivity index (χ1n) is 18.2. The molecule has 52 heavy (non-hydrogen) atoms. The Morgan fingerprint density at radius 3 is 2.23 bits per heavy atom. The van der Waals surface area contributed by atoms with Crippen LogP contribution in [0.3, 0.4) is 0 Å². The van der Waals surface area contributed by atoms with Gasteiger partial charge in [-0.2, -0.15) is 0 Å². The first-order valence-corrected chi connectivity index (χ1v) is 18.2. The standard InChI is InChI=1S/C47H36O.C4H6/c1-3-31-12-6-7-15-38(31)45-30(2)48-44-27-26-36(29-43(44)45)33-20-23-34(24-21-33)46-39-16-8-10-18-41(39)47(42-19-11-9-17-40(42)46)37-25-22-32-13-4-5-14-35(32)28-37;1-3-4-2/h3-8,10-16,18-21,23-29,32H,1,9,17,22H2,2H3;3-4H,1-2H2. The molecule has 0 bridgehead atoms. The predicted octanol–water partition coefficient (Wildman–Crippen LogP) is 14.3. The van der Waals surface area contributed by atoms with Crippen molar-refractivity contribution in [3.05, 3.63) is 199 Å². The van der Waals surface area contributed by atoms with Gasteiger partial charge in [-0.3, -0.25) is 0 Å². The van der Waals surface area contributed by atoms with Gasteiger partial charge in [-0.15, -0.1) is 0 Å². The molecule has 0 radical (unpaired) electrons. The Kier molecular flexibility index (Phi) is 9.02. The molecule has 0 fully saturated rings. The van der Waals surface area contributed by atoms with Gasteiger partial charge in [0.1, 0.15) is 11.3 Å². The van der Waals surface area contributed by atoms with Crippen LogP contribution in [0.25, 0.3) is 72.8 Å². The van der Waals surface area contributed by atoms with E-state index in [1.165, 1.54) is 60.9 Å². The van der Waals surface area contributed by atoms with Crippen LogP contribution in [0, 0.1) is 12.8 Å². The summed E-state index contributed by atoms with van der Waals surface area (Å²) >= 11 is 0. The molecule has 3 aliphatic carbocycles. The number of aryl methyl sites for hydroxylation is 1. The molecule has 3 aliphatic rings. The van der Waals surface area contributed by atoms with Crippen molar-refractivity contribution in [2.24, 2.45) is 5.92 Å². The average molecular weight is 671 g/mol. The average Bonchev–Trinajstić information content (AvgIpc) is 3.54. The largest absolute Gasteiger partial charge is 0.461 e. The van der Waals surface area contributed by atoms with Crippen LogP contribution in [0.1, 0.15) is 40.9 Å². The van der Waals surface area contributed by atoms with Gasteiger partial charge in [0.05, 0.1) is 0 Å². The number of benzene rings is 5. The molecular weight excluding hydrogens is 629 g/mol. The smallest absolute Gasteiger partial charge is 0.134 e. The van der Waals surface area contributed by atoms with Crippen molar-refractivity contribution in [1.82, 2.24) is 0 Å². The topological polar surface area (TPSA) is 13.1 Å². The summed E-state index contributed by atoms with van der Waals surface area (Å²) < 4.78 is 6.24. The molecule has 1 unspecified atom stereocenters. The Hall–Kier alpha value is -6.18. The van der Waals surface area contributed by atoms with Gasteiger partial charge in [0.25, 0.3) is 0 Å². The number of hydrogen-bond donors (Lipinski definition) is 0. The molecule has 1 nitrogen and oxygen atoms in total. The second-order valence-corrected chi connectivity index (χ2v) is 13.6. The minimum Gasteiger partial charge on any atom is -0.461 e. The molecule has 5 aromatic carbocycles. The highest BCUT2D eigenvalue weighted by Crippen LogP contribution is 2.46. The fourth-order valence-corrected chi connectivity index (χ4v) is 8.13. The zero-order chi connectivity index (χ0) is 35.6. The molecule has 0 amide bonds. The summed E-state index contributed by atoms with van der Waals surface area (Å²) in [5.74, 6) is 1.41. The molecule has 6 aromatic rings. The van der Waals surface area contributed by atoms with Crippen molar-refractivity contribution in [2.45, 2.75) is 26.2 Å². The van der Waals surface area contributed by atoms with Crippen LogP contribution in [-0.2, 0) is 6.42 Å². The third-order valence-electron chi connectivity index (χ3n) is 10.6. The second-order valence-electron chi connectivity index (χ2n) is 13.6. The third-order valence-corrected chi connectivity index (χ3v) is 10.6. The van der Waals surface area contributed by atoms with Crippen LogP contribution in [-0.4, -0.2) is 0 Å². The number of furan rings is 1. The highest BCUT2D eigenvalue weighted by atomic mass is 16.3. The van der Waals surface area contributed by atoms with E-state index >= 15 is 0 Å². The molecule has 252 valence electrons. The van der Waals surface area contributed by atoms with E-state index in [9.17, 15) is 0 Å². The number of fused-ring (bicyclic) bond motifs is 4. The van der Waals surface area contributed by atoms with Crippen LogP contribution >= 0.6 is 0 Å². The Bertz CT molecular complexity index is 2530. The summed E-state index contributed by atoms with van der Waals surface area (Å²) in [6.07, 6.45) is 26.9. The maximum absolute atomic E-state index is 6.24. The maximum atomic E-state index is 6.24. The number of rotatable bonds is 6. The van der Waals surface area contributed by atoms with Gasteiger partial charge in [0, 0.05) is 16.9 Å². The summed E-state index contributed by atoms with van der Waals surface area (Å²) in [4.78, 5) is 0. The van der Waals surface area contributed by atoms with Gasteiger partial charge in [-0.1, -0.05) is 165 Å². The van der Waals surface area contributed by atoms with Gasteiger partial charge in [-0.25, -0.2) is 0 Å². The van der Waals surface area contributed by atoms with Crippen molar-refractivity contribution < 1.29 is 4.42 Å². The summed E-state index contributed by atoms with van der Waals surface area (Å²) in [5, 5.41) is 3.78. The zero-order valence-corrected chi connectivity index (χ0v) is 29.7. The third kappa shape index (κ3) is 5.89. The molecule has 0 saturated heterocycles. The monoisotopic (exact) mass is 670 g/mol. The van der Waals surface area contributed by atoms with E-state index in [0.717, 1.165) is 52.7 Å². The molecule has 0 N–H and O–H groups in total.